The Morgan fingerprint density at radius 3 is 2.45 bits per heavy atom. The molecule has 3 rings (SSSR count). The van der Waals surface area contributed by atoms with Crippen LogP contribution >= 0.6 is 23.2 Å². The predicted molar refractivity (Wildman–Crippen MR) is 113 cm³/mol. The molecule has 1 aromatic carbocycles. The van der Waals surface area contributed by atoms with Crippen molar-refractivity contribution >= 4 is 44.9 Å². The molecular formula is C18H23Cl2N5O3S. The quantitative estimate of drug-likeness (QED) is 0.762. The molecule has 8 nitrogen and oxygen atoms in total. The van der Waals surface area contributed by atoms with Crippen LogP contribution in [0.4, 0.5) is 10.5 Å². The average molecular weight is 460 g/mol. The molecule has 2 aromatic rings. The Morgan fingerprint density at radius 1 is 1.10 bits per heavy atom. The number of sulfonamides is 1. The zero-order valence-electron chi connectivity index (χ0n) is 16.4. The van der Waals surface area contributed by atoms with Gasteiger partial charge in [0.1, 0.15) is 4.90 Å². The third-order valence-corrected chi connectivity index (χ3v) is 7.84. The monoisotopic (exact) mass is 459 g/mol. The van der Waals surface area contributed by atoms with Crippen molar-refractivity contribution < 1.29 is 13.2 Å². The van der Waals surface area contributed by atoms with Crippen LogP contribution < -0.4 is 5.32 Å². The maximum absolute atomic E-state index is 13.2. The second-order valence-corrected chi connectivity index (χ2v) is 9.62. The zero-order valence-corrected chi connectivity index (χ0v) is 18.8. The summed E-state index contributed by atoms with van der Waals surface area (Å²) in [6.07, 6.45) is 0.534. The van der Waals surface area contributed by atoms with Gasteiger partial charge in [-0.05, 0) is 38.5 Å². The van der Waals surface area contributed by atoms with E-state index in [-0.39, 0.29) is 24.0 Å². The lowest BCUT2D eigenvalue weighted by molar-refractivity contribution is 0.214. The predicted octanol–water partition coefficient (Wildman–Crippen LogP) is 3.27. The minimum absolute atomic E-state index is 0.213. The fraction of sp³-hybridized carbons (Fsp3) is 0.444. The normalized spacial score (nSPS) is 16.0. The van der Waals surface area contributed by atoms with E-state index in [0.717, 1.165) is 0 Å². The highest BCUT2D eigenvalue weighted by Crippen LogP contribution is 2.26. The van der Waals surface area contributed by atoms with Gasteiger partial charge in [0, 0.05) is 38.9 Å². The summed E-state index contributed by atoms with van der Waals surface area (Å²) in [7, 11) is -1.96. The lowest BCUT2D eigenvalue weighted by atomic mass is 10.3. The topological polar surface area (TPSA) is 87.5 Å². The number of hydrogen-bond acceptors (Lipinski definition) is 4. The third kappa shape index (κ3) is 4.53. The maximum Gasteiger partial charge on any atom is 0.321 e. The molecule has 29 heavy (non-hydrogen) atoms. The molecule has 1 N–H and O–H groups in total. The van der Waals surface area contributed by atoms with E-state index in [0.29, 0.717) is 46.6 Å². The Labute approximate surface area is 180 Å². The van der Waals surface area contributed by atoms with E-state index in [2.05, 4.69) is 10.4 Å². The minimum atomic E-state index is -3.68. The largest absolute Gasteiger partial charge is 0.323 e. The van der Waals surface area contributed by atoms with Crippen molar-refractivity contribution in [2.75, 3.05) is 31.5 Å². The first-order valence-corrected chi connectivity index (χ1v) is 11.3. The molecule has 0 saturated carbocycles. The maximum atomic E-state index is 13.2. The number of carbonyl (C=O) groups is 1. The summed E-state index contributed by atoms with van der Waals surface area (Å²) in [5.74, 6) is 0. The van der Waals surface area contributed by atoms with Crippen LogP contribution in [0.3, 0.4) is 0 Å². The summed E-state index contributed by atoms with van der Waals surface area (Å²) in [5.41, 5.74) is 1.60. The number of aromatic nitrogens is 2. The van der Waals surface area contributed by atoms with Gasteiger partial charge in [0.15, 0.2) is 0 Å². The Bertz CT molecular complexity index is 1040. The van der Waals surface area contributed by atoms with Gasteiger partial charge in [-0.3, -0.25) is 4.68 Å². The van der Waals surface area contributed by atoms with Crippen molar-refractivity contribution in [2.45, 2.75) is 25.2 Å². The van der Waals surface area contributed by atoms with E-state index in [4.69, 9.17) is 23.2 Å². The van der Waals surface area contributed by atoms with Crippen molar-refractivity contribution in [1.29, 1.82) is 0 Å². The van der Waals surface area contributed by atoms with Crippen LogP contribution in [-0.2, 0) is 17.1 Å². The molecule has 0 radical (unpaired) electrons. The molecule has 0 bridgehead atoms. The van der Waals surface area contributed by atoms with Gasteiger partial charge in [-0.2, -0.15) is 9.40 Å². The number of aryl methyl sites for hydroxylation is 2. The van der Waals surface area contributed by atoms with Crippen LogP contribution in [0.1, 0.15) is 17.8 Å². The molecule has 1 saturated heterocycles. The highest BCUT2D eigenvalue weighted by Gasteiger charge is 2.32. The van der Waals surface area contributed by atoms with E-state index in [9.17, 15) is 13.2 Å². The summed E-state index contributed by atoms with van der Waals surface area (Å²) in [4.78, 5) is 14.5. The number of hydrogen-bond donors (Lipinski definition) is 1. The Kier molecular flexibility index (Phi) is 6.42. The van der Waals surface area contributed by atoms with E-state index < -0.39 is 10.0 Å². The highest BCUT2D eigenvalue weighted by molar-refractivity contribution is 7.89. The molecule has 0 aliphatic carbocycles. The van der Waals surface area contributed by atoms with Crippen LogP contribution in [0.2, 0.25) is 10.0 Å². The molecule has 1 aliphatic heterocycles. The van der Waals surface area contributed by atoms with Crippen LogP contribution in [0.5, 0.6) is 0 Å². The fourth-order valence-corrected chi connectivity index (χ4v) is 5.54. The van der Waals surface area contributed by atoms with Crippen LogP contribution in [-0.4, -0.2) is 59.6 Å². The number of benzene rings is 1. The van der Waals surface area contributed by atoms with Gasteiger partial charge in [-0.1, -0.05) is 23.2 Å². The molecule has 0 atom stereocenters. The van der Waals surface area contributed by atoms with Gasteiger partial charge in [-0.15, -0.1) is 0 Å². The zero-order chi connectivity index (χ0) is 21.3. The van der Waals surface area contributed by atoms with Crippen molar-refractivity contribution in [3.63, 3.8) is 0 Å². The Morgan fingerprint density at radius 2 is 1.83 bits per heavy atom. The second-order valence-electron chi connectivity index (χ2n) is 6.93. The standard InChI is InChI=1S/C18H23Cl2N5O3S/c1-12-17(13(2)23(3)22-12)29(27,28)25-8-4-7-24(9-10-25)18(26)21-14-5-6-15(19)16(20)11-14/h5-6,11H,4,7-10H2,1-3H3,(H,21,26). The van der Waals surface area contributed by atoms with Gasteiger partial charge in [0.2, 0.25) is 10.0 Å². The average Bonchev–Trinajstić information content (AvgIpc) is 2.82. The summed E-state index contributed by atoms with van der Waals surface area (Å²) >= 11 is 11.9. The van der Waals surface area contributed by atoms with Crippen LogP contribution in [0.25, 0.3) is 0 Å². The van der Waals surface area contributed by atoms with Crippen molar-refractivity contribution in [3.05, 3.63) is 39.6 Å². The van der Waals surface area contributed by atoms with Gasteiger partial charge in [0.25, 0.3) is 0 Å². The first-order chi connectivity index (χ1) is 13.6. The van der Waals surface area contributed by atoms with Gasteiger partial charge in [-0.25, -0.2) is 13.2 Å². The van der Waals surface area contributed by atoms with Gasteiger partial charge >= 0.3 is 6.03 Å². The van der Waals surface area contributed by atoms with Crippen molar-refractivity contribution in [1.82, 2.24) is 19.0 Å². The number of nitrogens with zero attached hydrogens (tertiary/aromatic N) is 4. The molecule has 0 spiro atoms. The first kappa shape index (κ1) is 21.9. The van der Waals surface area contributed by atoms with Crippen LogP contribution in [0.15, 0.2) is 23.1 Å². The van der Waals surface area contributed by atoms with E-state index >= 15 is 0 Å². The summed E-state index contributed by atoms with van der Waals surface area (Å²) < 4.78 is 29.3. The number of carbonyl (C=O) groups excluding carboxylic acids is 1. The Balaban J connectivity index is 1.71. The molecule has 158 valence electrons. The number of anilines is 1. The number of rotatable bonds is 3. The minimum Gasteiger partial charge on any atom is -0.323 e. The lowest BCUT2D eigenvalue weighted by Gasteiger charge is -2.22. The van der Waals surface area contributed by atoms with E-state index in [1.165, 1.54) is 4.31 Å². The highest BCUT2D eigenvalue weighted by atomic mass is 35.5. The smallest absolute Gasteiger partial charge is 0.321 e. The summed E-state index contributed by atoms with van der Waals surface area (Å²) in [6, 6.07) is 4.53. The number of amides is 2. The van der Waals surface area contributed by atoms with Crippen LogP contribution in [0, 0.1) is 13.8 Å². The first-order valence-electron chi connectivity index (χ1n) is 9.12. The molecule has 2 amide bonds. The van der Waals surface area contributed by atoms with E-state index in [1.54, 1.807) is 48.7 Å². The van der Waals surface area contributed by atoms with Crippen molar-refractivity contribution in [2.24, 2.45) is 7.05 Å². The summed E-state index contributed by atoms with van der Waals surface area (Å²) in [5, 5.41) is 7.74. The second kappa shape index (κ2) is 8.51. The number of halogens is 2. The van der Waals surface area contributed by atoms with Gasteiger partial charge < -0.3 is 10.2 Å². The molecule has 1 aromatic heterocycles. The molecule has 1 aliphatic rings. The fourth-order valence-electron chi connectivity index (χ4n) is 3.37. The SMILES string of the molecule is Cc1nn(C)c(C)c1S(=O)(=O)N1CCCN(C(=O)Nc2ccc(Cl)c(Cl)c2)CC1. The molecule has 11 heteroatoms. The molecular weight excluding hydrogens is 437 g/mol. The third-order valence-electron chi connectivity index (χ3n) is 4.95. The Hall–Kier alpha value is -1.81. The summed E-state index contributed by atoms with van der Waals surface area (Å²) in [6.45, 7) is 4.71. The van der Waals surface area contributed by atoms with E-state index in [1.807, 2.05) is 0 Å². The molecule has 2 heterocycles. The van der Waals surface area contributed by atoms with Crippen molar-refractivity contribution in [3.8, 4) is 0 Å². The number of nitrogens with one attached hydrogen (secondary N) is 1. The molecule has 1 fully saturated rings. The van der Waals surface area contributed by atoms with Gasteiger partial charge in [0.05, 0.1) is 21.4 Å². The molecule has 0 unspecified atom stereocenters. The lowest BCUT2D eigenvalue weighted by Crippen LogP contribution is -2.39. The number of urea groups is 1.